The number of benzene rings is 1. The van der Waals surface area contributed by atoms with E-state index in [1.165, 1.54) is 11.9 Å². The molecular formula is C17H20N8S. The molecule has 0 aliphatic heterocycles. The van der Waals surface area contributed by atoms with E-state index in [-0.39, 0.29) is 5.41 Å². The van der Waals surface area contributed by atoms with Crippen LogP contribution in [0.4, 0.5) is 11.9 Å². The molecular weight excluding hydrogens is 348 g/mol. The van der Waals surface area contributed by atoms with E-state index in [1.807, 2.05) is 36.6 Å². The van der Waals surface area contributed by atoms with Crippen LogP contribution in [0.5, 0.6) is 0 Å². The number of nitrogens with zero attached hydrogens (tertiary/aromatic N) is 7. The minimum absolute atomic E-state index is 0.125. The van der Waals surface area contributed by atoms with E-state index in [2.05, 4.69) is 56.6 Å². The first-order valence-electron chi connectivity index (χ1n) is 8.03. The van der Waals surface area contributed by atoms with Crippen molar-refractivity contribution in [3.05, 3.63) is 48.4 Å². The number of hydrogen-bond acceptors (Lipinski definition) is 9. The maximum absolute atomic E-state index is 4.58. The molecule has 0 atom stereocenters. The van der Waals surface area contributed by atoms with E-state index in [9.17, 15) is 0 Å². The Morgan fingerprint density at radius 1 is 0.962 bits per heavy atom. The van der Waals surface area contributed by atoms with Gasteiger partial charge < -0.3 is 0 Å². The Kier molecular flexibility index (Phi) is 5.27. The van der Waals surface area contributed by atoms with Gasteiger partial charge in [0.2, 0.25) is 0 Å². The summed E-state index contributed by atoms with van der Waals surface area (Å²) in [6, 6.07) is 9.81. The standard InChI is InChI=1S/C17H20N8S/c1-17(2,3)14-11-19-23-16(21-14)25(26-4)24-15-20-13(10-18-22-15)12-8-6-5-7-9-12/h5-11H,1-4H3,(H,20,22,24). The summed E-state index contributed by atoms with van der Waals surface area (Å²) in [6.07, 6.45) is 5.20. The summed E-state index contributed by atoms with van der Waals surface area (Å²) in [5.41, 5.74) is 5.50. The number of anilines is 2. The molecule has 1 N–H and O–H groups in total. The molecule has 2 heterocycles. The van der Waals surface area contributed by atoms with Gasteiger partial charge in [-0.15, -0.1) is 10.2 Å². The minimum atomic E-state index is -0.125. The molecule has 0 aliphatic carbocycles. The van der Waals surface area contributed by atoms with Crippen LogP contribution in [0.3, 0.4) is 0 Å². The van der Waals surface area contributed by atoms with E-state index >= 15 is 0 Å². The lowest BCUT2D eigenvalue weighted by Gasteiger charge is -2.22. The van der Waals surface area contributed by atoms with Gasteiger partial charge in [-0.1, -0.05) is 51.1 Å². The van der Waals surface area contributed by atoms with Crippen LogP contribution in [0.25, 0.3) is 11.3 Å². The first-order valence-corrected chi connectivity index (χ1v) is 9.22. The van der Waals surface area contributed by atoms with Crippen molar-refractivity contribution in [3.63, 3.8) is 0 Å². The zero-order chi connectivity index (χ0) is 18.6. The number of rotatable bonds is 5. The third kappa shape index (κ3) is 4.23. The normalized spacial score (nSPS) is 11.2. The second-order valence-corrected chi connectivity index (χ2v) is 7.24. The summed E-state index contributed by atoms with van der Waals surface area (Å²) in [5, 5.41) is 16.2. The molecule has 0 bridgehead atoms. The molecule has 0 aliphatic rings. The molecule has 9 heteroatoms. The van der Waals surface area contributed by atoms with Crippen LogP contribution in [-0.2, 0) is 5.41 Å². The van der Waals surface area contributed by atoms with Gasteiger partial charge in [0, 0.05) is 17.2 Å². The molecule has 1 aromatic carbocycles. The zero-order valence-electron chi connectivity index (χ0n) is 15.1. The maximum Gasteiger partial charge on any atom is 0.274 e. The average Bonchev–Trinajstić information content (AvgIpc) is 2.66. The van der Waals surface area contributed by atoms with Gasteiger partial charge in [0.15, 0.2) is 0 Å². The highest BCUT2D eigenvalue weighted by Crippen LogP contribution is 2.23. The van der Waals surface area contributed by atoms with Gasteiger partial charge in [-0.2, -0.15) is 14.6 Å². The van der Waals surface area contributed by atoms with E-state index in [0.29, 0.717) is 11.9 Å². The molecule has 0 radical (unpaired) electrons. The van der Waals surface area contributed by atoms with Crippen molar-refractivity contribution in [1.82, 2.24) is 30.4 Å². The molecule has 0 amide bonds. The Hall–Kier alpha value is -2.81. The van der Waals surface area contributed by atoms with Crippen molar-refractivity contribution in [2.24, 2.45) is 0 Å². The summed E-state index contributed by atoms with van der Waals surface area (Å²) in [7, 11) is 0. The van der Waals surface area contributed by atoms with E-state index in [0.717, 1.165) is 17.0 Å². The van der Waals surface area contributed by atoms with Gasteiger partial charge in [0.1, 0.15) is 0 Å². The van der Waals surface area contributed by atoms with Gasteiger partial charge in [-0.25, -0.2) is 9.97 Å². The fourth-order valence-corrected chi connectivity index (χ4v) is 2.52. The van der Waals surface area contributed by atoms with Gasteiger partial charge in [-0.05, 0) is 11.9 Å². The molecule has 26 heavy (non-hydrogen) atoms. The van der Waals surface area contributed by atoms with Crippen LogP contribution in [-0.4, -0.2) is 36.6 Å². The number of nitrogens with one attached hydrogen (secondary N) is 1. The van der Waals surface area contributed by atoms with Crippen LogP contribution < -0.4 is 9.84 Å². The Labute approximate surface area is 156 Å². The van der Waals surface area contributed by atoms with Crippen molar-refractivity contribution in [2.45, 2.75) is 26.2 Å². The number of hydrogen-bond donors (Lipinski definition) is 1. The van der Waals surface area contributed by atoms with Crippen molar-refractivity contribution in [3.8, 4) is 11.3 Å². The van der Waals surface area contributed by atoms with Gasteiger partial charge in [0.05, 0.1) is 23.8 Å². The van der Waals surface area contributed by atoms with Crippen LogP contribution in [0.1, 0.15) is 26.5 Å². The summed E-state index contributed by atoms with van der Waals surface area (Å²) in [4.78, 5) is 9.10. The van der Waals surface area contributed by atoms with Crippen LogP contribution >= 0.6 is 11.9 Å². The van der Waals surface area contributed by atoms with Crippen LogP contribution in [0.15, 0.2) is 42.7 Å². The van der Waals surface area contributed by atoms with Crippen molar-refractivity contribution in [1.29, 1.82) is 0 Å². The van der Waals surface area contributed by atoms with Gasteiger partial charge >= 0.3 is 0 Å². The predicted molar refractivity (Wildman–Crippen MR) is 103 cm³/mol. The highest BCUT2D eigenvalue weighted by molar-refractivity contribution is 8.00. The molecule has 0 saturated carbocycles. The smallest absolute Gasteiger partial charge is 0.251 e. The van der Waals surface area contributed by atoms with E-state index in [1.54, 1.807) is 16.8 Å². The lowest BCUT2D eigenvalue weighted by Crippen LogP contribution is -2.27. The molecule has 8 nitrogen and oxygen atoms in total. The lowest BCUT2D eigenvalue weighted by molar-refractivity contribution is 0.561. The first-order chi connectivity index (χ1) is 12.5. The van der Waals surface area contributed by atoms with Crippen molar-refractivity contribution in [2.75, 3.05) is 16.1 Å². The second kappa shape index (κ2) is 7.61. The summed E-state index contributed by atoms with van der Waals surface area (Å²) in [6.45, 7) is 6.23. The van der Waals surface area contributed by atoms with Crippen LogP contribution in [0, 0.1) is 0 Å². The topological polar surface area (TPSA) is 92.6 Å². The molecule has 0 saturated heterocycles. The second-order valence-electron chi connectivity index (χ2n) is 6.51. The lowest BCUT2D eigenvalue weighted by atomic mass is 9.93. The van der Waals surface area contributed by atoms with Gasteiger partial charge in [0.25, 0.3) is 11.9 Å². The largest absolute Gasteiger partial charge is 0.274 e. The zero-order valence-corrected chi connectivity index (χ0v) is 15.9. The molecule has 0 fully saturated rings. The molecule has 2 aromatic heterocycles. The highest BCUT2D eigenvalue weighted by Gasteiger charge is 2.19. The van der Waals surface area contributed by atoms with Crippen molar-refractivity contribution < 1.29 is 0 Å². The monoisotopic (exact) mass is 368 g/mol. The van der Waals surface area contributed by atoms with Crippen molar-refractivity contribution >= 4 is 23.8 Å². The molecule has 3 aromatic rings. The molecule has 3 rings (SSSR count). The fraction of sp³-hybridized carbons (Fsp3) is 0.294. The van der Waals surface area contributed by atoms with Gasteiger partial charge in [-0.3, -0.25) is 5.43 Å². The maximum atomic E-state index is 4.58. The predicted octanol–water partition coefficient (Wildman–Crippen LogP) is 3.13. The summed E-state index contributed by atoms with van der Waals surface area (Å²) in [5.74, 6) is 0.782. The summed E-state index contributed by atoms with van der Waals surface area (Å²) < 4.78 is 1.66. The molecule has 0 spiro atoms. The molecule has 134 valence electrons. The van der Waals surface area contributed by atoms with E-state index in [4.69, 9.17) is 0 Å². The minimum Gasteiger partial charge on any atom is -0.251 e. The highest BCUT2D eigenvalue weighted by atomic mass is 32.2. The fourth-order valence-electron chi connectivity index (χ4n) is 2.11. The quantitative estimate of drug-likeness (QED) is 0.538. The average molecular weight is 368 g/mol. The summed E-state index contributed by atoms with van der Waals surface area (Å²) >= 11 is 1.39. The Morgan fingerprint density at radius 3 is 2.38 bits per heavy atom. The van der Waals surface area contributed by atoms with Crippen LogP contribution in [0.2, 0.25) is 0 Å². The Balaban J connectivity index is 1.85. The third-order valence-electron chi connectivity index (χ3n) is 3.51. The third-order valence-corrected chi connectivity index (χ3v) is 4.13. The Bertz CT molecular complexity index is 866. The number of aromatic nitrogens is 6. The number of hydrazine groups is 1. The first kappa shape index (κ1) is 18.0. The Morgan fingerprint density at radius 2 is 1.69 bits per heavy atom. The SMILES string of the molecule is CSN(Nc1nncc(-c2ccccc2)n1)c1nncc(C(C)(C)C)n1. The molecule has 0 unspecified atom stereocenters. The van der Waals surface area contributed by atoms with E-state index < -0.39 is 0 Å².